The first-order chi connectivity index (χ1) is 6.50. The van der Waals surface area contributed by atoms with E-state index in [1.54, 1.807) is 18.1 Å². The van der Waals surface area contributed by atoms with E-state index in [0.29, 0.717) is 5.82 Å². The van der Waals surface area contributed by atoms with Crippen LogP contribution in [0.25, 0.3) is 0 Å². The van der Waals surface area contributed by atoms with E-state index in [1.165, 1.54) is 0 Å². The van der Waals surface area contributed by atoms with Gasteiger partial charge in [0.05, 0.1) is 6.54 Å². The van der Waals surface area contributed by atoms with Gasteiger partial charge in [-0.3, -0.25) is 4.79 Å². The molecule has 76 valence electrons. The number of aryl methyl sites for hydroxylation is 1. The normalized spacial score (nSPS) is 9.93. The fourth-order valence-electron chi connectivity index (χ4n) is 1.11. The summed E-state index contributed by atoms with van der Waals surface area (Å²) in [7, 11) is 1.72. The van der Waals surface area contributed by atoms with Crippen LogP contribution in [0.1, 0.15) is 5.56 Å². The smallest absolute Gasteiger partial charge is 0.236 e. The van der Waals surface area contributed by atoms with E-state index in [0.717, 1.165) is 5.56 Å². The van der Waals surface area contributed by atoms with Crippen molar-refractivity contribution in [2.24, 2.45) is 5.73 Å². The topological polar surface area (TPSA) is 72.1 Å². The Hall–Kier alpha value is -1.36. The maximum Gasteiger partial charge on any atom is 0.236 e. The fourth-order valence-corrected chi connectivity index (χ4v) is 1.24. The van der Waals surface area contributed by atoms with Crippen molar-refractivity contribution in [2.45, 2.75) is 6.92 Å². The lowest BCUT2D eigenvalue weighted by Crippen LogP contribution is -2.31. The van der Waals surface area contributed by atoms with Crippen LogP contribution in [-0.2, 0) is 4.79 Å². The van der Waals surface area contributed by atoms with Gasteiger partial charge in [0.25, 0.3) is 0 Å². The zero-order chi connectivity index (χ0) is 10.7. The Kier molecular flexibility index (Phi) is 3.24. The number of hydrogen-bond donors (Lipinski definition) is 1. The Morgan fingerprint density at radius 1 is 1.71 bits per heavy atom. The second-order valence-corrected chi connectivity index (χ2v) is 3.31. The highest BCUT2D eigenvalue weighted by atomic mass is 35.5. The molecular formula is C8H11ClN4O. The van der Waals surface area contributed by atoms with Crippen molar-refractivity contribution in [3.63, 3.8) is 0 Å². The predicted octanol–water partition coefficient (Wildman–Crippen LogP) is 0.360. The second-order valence-electron chi connectivity index (χ2n) is 2.97. The van der Waals surface area contributed by atoms with Gasteiger partial charge >= 0.3 is 0 Å². The summed E-state index contributed by atoms with van der Waals surface area (Å²) in [5.74, 6) is 0.199. The number of carbonyl (C=O) groups excluding carboxylic acids is 1. The van der Waals surface area contributed by atoms with E-state index in [-0.39, 0.29) is 11.8 Å². The van der Waals surface area contributed by atoms with E-state index >= 15 is 0 Å². The molecule has 1 heterocycles. The van der Waals surface area contributed by atoms with E-state index < -0.39 is 5.91 Å². The number of amides is 1. The fraction of sp³-hybridized carbons (Fsp3) is 0.375. The van der Waals surface area contributed by atoms with E-state index in [4.69, 9.17) is 17.3 Å². The van der Waals surface area contributed by atoms with Gasteiger partial charge in [0.1, 0.15) is 5.82 Å². The maximum atomic E-state index is 10.7. The summed E-state index contributed by atoms with van der Waals surface area (Å²) in [5, 5.41) is 0.155. The first-order valence-electron chi connectivity index (χ1n) is 3.99. The lowest BCUT2D eigenvalue weighted by atomic mass is 10.3. The zero-order valence-electron chi connectivity index (χ0n) is 7.99. The third-order valence-electron chi connectivity index (χ3n) is 1.67. The molecule has 0 bridgehead atoms. The average molecular weight is 215 g/mol. The molecule has 1 rings (SSSR count). The van der Waals surface area contributed by atoms with Crippen molar-refractivity contribution in [3.8, 4) is 0 Å². The highest BCUT2D eigenvalue weighted by Gasteiger charge is 2.09. The molecule has 0 saturated heterocycles. The number of carbonyl (C=O) groups is 1. The van der Waals surface area contributed by atoms with Crippen LogP contribution in [0.5, 0.6) is 0 Å². The number of hydrogen-bond acceptors (Lipinski definition) is 4. The monoisotopic (exact) mass is 214 g/mol. The third-order valence-corrected chi connectivity index (χ3v) is 1.85. The number of anilines is 1. The molecule has 1 aromatic heterocycles. The summed E-state index contributed by atoms with van der Waals surface area (Å²) in [4.78, 5) is 20.1. The second kappa shape index (κ2) is 4.23. The first kappa shape index (κ1) is 10.7. The van der Waals surface area contributed by atoms with Crippen LogP contribution in [0.15, 0.2) is 6.20 Å². The molecule has 0 atom stereocenters. The molecule has 0 spiro atoms. The molecule has 0 aliphatic rings. The van der Waals surface area contributed by atoms with Crippen molar-refractivity contribution in [1.29, 1.82) is 0 Å². The van der Waals surface area contributed by atoms with E-state index in [1.807, 2.05) is 6.92 Å². The van der Waals surface area contributed by atoms with Crippen molar-refractivity contribution in [2.75, 3.05) is 18.5 Å². The Labute approximate surface area is 86.9 Å². The Morgan fingerprint density at radius 3 is 2.93 bits per heavy atom. The number of nitrogens with two attached hydrogens (primary N) is 1. The summed E-state index contributed by atoms with van der Waals surface area (Å²) in [6, 6.07) is 0. The molecular weight excluding hydrogens is 204 g/mol. The molecule has 1 aromatic rings. The van der Waals surface area contributed by atoms with Gasteiger partial charge in [0, 0.05) is 18.8 Å². The lowest BCUT2D eigenvalue weighted by Gasteiger charge is -2.17. The molecule has 0 radical (unpaired) electrons. The first-order valence-corrected chi connectivity index (χ1v) is 4.37. The molecule has 0 fully saturated rings. The number of nitrogens with zero attached hydrogens (tertiary/aromatic N) is 3. The van der Waals surface area contributed by atoms with Crippen molar-refractivity contribution in [1.82, 2.24) is 9.97 Å². The quantitative estimate of drug-likeness (QED) is 0.738. The van der Waals surface area contributed by atoms with Crippen molar-refractivity contribution < 1.29 is 4.79 Å². The third kappa shape index (κ3) is 2.56. The summed E-state index contributed by atoms with van der Waals surface area (Å²) in [6.07, 6.45) is 1.60. The molecule has 1 amide bonds. The zero-order valence-corrected chi connectivity index (χ0v) is 8.75. The van der Waals surface area contributed by atoms with Crippen LogP contribution < -0.4 is 10.6 Å². The van der Waals surface area contributed by atoms with Gasteiger partial charge < -0.3 is 10.6 Å². The van der Waals surface area contributed by atoms with Crippen molar-refractivity contribution in [3.05, 3.63) is 17.0 Å². The molecule has 5 nitrogen and oxygen atoms in total. The van der Waals surface area contributed by atoms with E-state index in [9.17, 15) is 4.79 Å². The van der Waals surface area contributed by atoms with Gasteiger partial charge in [0.15, 0.2) is 0 Å². The van der Waals surface area contributed by atoms with Crippen LogP contribution in [-0.4, -0.2) is 29.5 Å². The Bertz CT molecular complexity index is 355. The number of aromatic nitrogens is 2. The van der Waals surface area contributed by atoms with Crippen LogP contribution in [0, 0.1) is 6.92 Å². The molecule has 0 aliphatic carbocycles. The van der Waals surface area contributed by atoms with Crippen LogP contribution in [0.3, 0.4) is 0 Å². The average Bonchev–Trinajstić information content (AvgIpc) is 2.08. The molecule has 6 heteroatoms. The summed E-state index contributed by atoms with van der Waals surface area (Å²) < 4.78 is 0. The largest absolute Gasteiger partial charge is 0.368 e. The van der Waals surface area contributed by atoms with Gasteiger partial charge in [-0.05, 0) is 18.5 Å². The van der Waals surface area contributed by atoms with Gasteiger partial charge in [-0.1, -0.05) is 0 Å². The summed E-state index contributed by atoms with van der Waals surface area (Å²) in [6.45, 7) is 1.94. The number of primary amides is 1. The van der Waals surface area contributed by atoms with Gasteiger partial charge in [-0.25, -0.2) is 9.97 Å². The van der Waals surface area contributed by atoms with Crippen LogP contribution in [0.4, 0.5) is 5.82 Å². The highest BCUT2D eigenvalue weighted by Crippen LogP contribution is 2.15. The summed E-state index contributed by atoms with van der Waals surface area (Å²) in [5.41, 5.74) is 5.91. The number of halogens is 1. The predicted molar refractivity (Wildman–Crippen MR) is 54.2 cm³/mol. The lowest BCUT2D eigenvalue weighted by molar-refractivity contribution is -0.116. The minimum absolute atomic E-state index is 0.105. The Balaban J connectivity index is 2.93. The van der Waals surface area contributed by atoms with Crippen LogP contribution >= 0.6 is 11.6 Å². The number of rotatable bonds is 3. The minimum Gasteiger partial charge on any atom is -0.368 e. The SMILES string of the molecule is Cc1cnc(Cl)nc1N(C)CC(N)=O. The molecule has 0 unspecified atom stereocenters. The molecule has 2 N–H and O–H groups in total. The Morgan fingerprint density at radius 2 is 2.36 bits per heavy atom. The molecule has 0 aromatic carbocycles. The standard InChI is InChI=1S/C8H11ClN4O/c1-5-3-11-8(9)12-7(5)13(2)4-6(10)14/h3H,4H2,1-2H3,(H2,10,14). The molecule has 0 aliphatic heterocycles. The van der Waals surface area contributed by atoms with E-state index in [2.05, 4.69) is 9.97 Å². The summed E-state index contributed by atoms with van der Waals surface area (Å²) >= 11 is 5.63. The van der Waals surface area contributed by atoms with Gasteiger partial charge in [-0.2, -0.15) is 0 Å². The minimum atomic E-state index is -0.415. The highest BCUT2D eigenvalue weighted by molar-refractivity contribution is 6.28. The molecule has 14 heavy (non-hydrogen) atoms. The molecule has 0 saturated carbocycles. The van der Waals surface area contributed by atoms with Crippen molar-refractivity contribution >= 4 is 23.3 Å². The van der Waals surface area contributed by atoms with Gasteiger partial charge in [-0.15, -0.1) is 0 Å². The maximum absolute atomic E-state index is 10.7. The number of likely N-dealkylation sites (N-methyl/N-ethyl adjacent to an activating group) is 1. The van der Waals surface area contributed by atoms with Gasteiger partial charge in [0.2, 0.25) is 11.2 Å². The van der Waals surface area contributed by atoms with Crippen LogP contribution in [0.2, 0.25) is 5.28 Å².